The van der Waals surface area contributed by atoms with Crippen LogP contribution in [0.2, 0.25) is 0 Å². The number of rotatable bonds is 5. The van der Waals surface area contributed by atoms with Gasteiger partial charge in [0.2, 0.25) is 0 Å². The standard InChI is InChI=1S/C11H14O3S/c1-9(15(14)8-7-12)11(13)10-5-3-2-4-6-10/h2-6,9,12H,7-8H2,1H3. The fourth-order valence-electron chi connectivity index (χ4n) is 1.22. The van der Waals surface area contributed by atoms with Crippen molar-refractivity contribution in [2.24, 2.45) is 0 Å². The largest absolute Gasteiger partial charge is 0.395 e. The van der Waals surface area contributed by atoms with E-state index < -0.39 is 16.0 Å². The highest BCUT2D eigenvalue weighted by molar-refractivity contribution is 7.86. The topological polar surface area (TPSA) is 54.4 Å². The fourth-order valence-corrected chi connectivity index (χ4v) is 2.13. The molecule has 1 rings (SSSR count). The number of hydrogen-bond donors (Lipinski definition) is 1. The summed E-state index contributed by atoms with van der Waals surface area (Å²) in [6.45, 7) is 1.47. The third kappa shape index (κ3) is 3.25. The molecule has 0 spiro atoms. The molecule has 1 N–H and O–H groups in total. The fraction of sp³-hybridized carbons (Fsp3) is 0.364. The van der Waals surface area contributed by atoms with Gasteiger partial charge >= 0.3 is 0 Å². The van der Waals surface area contributed by atoms with Crippen LogP contribution in [0.15, 0.2) is 30.3 Å². The Balaban J connectivity index is 2.73. The van der Waals surface area contributed by atoms with Crippen molar-refractivity contribution in [1.29, 1.82) is 0 Å². The molecule has 1 aromatic carbocycles. The summed E-state index contributed by atoms with van der Waals surface area (Å²) in [6, 6.07) is 8.78. The highest BCUT2D eigenvalue weighted by Crippen LogP contribution is 2.07. The number of aliphatic hydroxyl groups excluding tert-OH is 1. The smallest absolute Gasteiger partial charge is 0.178 e. The Morgan fingerprint density at radius 3 is 2.53 bits per heavy atom. The van der Waals surface area contributed by atoms with Crippen molar-refractivity contribution in [2.45, 2.75) is 12.2 Å². The van der Waals surface area contributed by atoms with Crippen molar-refractivity contribution in [3.8, 4) is 0 Å². The summed E-state index contributed by atoms with van der Waals surface area (Å²) >= 11 is 0. The van der Waals surface area contributed by atoms with Gasteiger partial charge in [0.05, 0.1) is 11.9 Å². The second-order valence-electron chi connectivity index (χ2n) is 3.18. The van der Waals surface area contributed by atoms with Gasteiger partial charge in [0.25, 0.3) is 0 Å². The van der Waals surface area contributed by atoms with Crippen LogP contribution in [0.4, 0.5) is 0 Å². The summed E-state index contributed by atoms with van der Waals surface area (Å²) in [5, 5.41) is 8.08. The minimum absolute atomic E-state index is 0.137. The third-order valence-corrected chi connectivity index (χ3v) is 3.70. The molecule has 0 aliphatic carbocycles. The summed E-state index contributed by atoms with van der Waals surface area (Å²) < 4.78 is 11.5. The zero-order chi connectivity index (χ0) is 11.3. The van der Waals surface area contributed by atoms with Crippen molar-refractivity contribution in [3.63, 3.8) is 0 Å². The predicted molar refractivity (Wildman–Crippen MR) is 60.3 cm³/mol. The first-order valence-electron chi connectivity index (χ1n) is 4.74. The van der Waals surface area contributed by atoms with Gasteiger partial charge in [-0.25, -0.2) is 0 Å². The Morgan fingerprint density at radius 2 is 2.00 bits per heavy atom. The van der Waals surface area contributed by atoms with Gasteiger partial charge in [-0.1, -0.05) is 30.3 Å². The molecule has 0 aromatic heterocycles. The lowest BCUT2D eigenvalue weighted by Gasteiger charge is -2.09. The van der Waals surface area contributed by atoms with Crippen molar-refractivity contribution < 1.29 is 14.1 Å². The minimum Gasteiger partial charge on any atom is -0.395 e. The van der Waals surface area contributed by atoms with E-state index in [9.17, 15) is 9.00 Å². The lowest BCUT2D eigenvalue weighted by Crippen LogP contribution is -2.25. The Morgan fingerprint density at radius 1 is 1.40 bits per heavy atom. The number of hydrogen-bond acceptors (Lipinski definition) is 3. The zero-order valence-electron chi connectivity index (χ0n) is 8.55. The number of Topliss-reactive ketones (excluding diaryl/α,β-unsaturated/α-hetero) is 1. The normalized spacial score (nSPS) is 14.5. The number of carbonyl (C=O) groups excluding carboxylic acids is 1. The van der Waals surface area contributed by atoms with E-state index in [0.29, 0.717) is 5.56 Å². The van der Waals surface area contributed by atoms with Crippen molar-refractivity contribution in [2.75, 3.05) is 12.4 Å². The molecule has 0 amide bonds. The molecule has 15 heavy (non-hydrogen) atoms. The quantitative estimate of drug-likeness (QED) is 0.762. The molecule has 2 unspecified atom stereocenters. The Hall–Kier alpha value is -1.00. The number of ketones is 1. The molecule has 4 heteroatoms. The van der Waals surface area contributed by atoms with E-state index >= 15 is 0 Å². The Kier molecular flexibility index (Phi) is 4.65. The van der Waals surface area contributed by atoms with E-state index in [1.807, 2.05) is 6.07 Å². The van der Waals surface area contributed by atoms with E-state index in [1.54, 1.807) is 31.2 Å². The van der Waals surface area contributed by atoms with Crippen molar-refractivity contribution in [3.05, 3.63) is 35.9 Å². The van der Waals surface area contributed by atoms with Crippen molar-refractivity contribution in [1.82, 2.24) is 0 Å². The lowest BCUT2D eigenvalue weighted by molar-refractivity contribution is 0.0992. The Labute approximate surface area is 91.6 Å². The van der Waals surface area contributed by atoms with Gasteiger partial charge in [-0.3, -0.25) is 9.00 Å². The van der Waals surface area contributed by atoms with Crippen LogP contribution in [0.3, 0.4) is 0 Å². The molecule has 3 nitrogen and oxygen atoms in total. The Bertz CT molecular complexity index is 348. The highest BCUT2D eigenvalue weighted by Gasteiger charge is 2.20. The maximum Gasteiger partial charge on any atom is 0.178 e. The van der Waals surface area contributed by atoms with Crippen LogP contribution >= 0.6 is 0 Å². The van der Waals surface area contributed by atoms with Gasteiger partial charge in [0, 0.05) is 22.1 Å². The third-order valence-electron chi connectivity index (χ3n) is 2.11. The number of aliphatic hydroxyl groups is 1. The molecule has 0 heterocycles. The van der Waals surface area contributed by atoms with E-state index in [-0.39, 0.29) is 18.1 Å². The van der Waals surface area contributed by atoms with Crippen LogP contribution < -0.4 is 0 Å². The molecule has 82 valence electrons. The van der Waals surface area contributed by atoms with Gasteiger partial charge < -0.3 is 5.11 Å². The van der Waals surface area contributed by atoms with Crippen LogP contribution in [-0.4, -0.2) is 32.7 Å². The summed E-state index contributed by atoms with van der Waals surface area (Å²) in [5.74, 6) is 0.0158. The summed E-state index contributed by atoms with van der Waals surface area (Å²) in [4.78, 5) is 11.8. The predicted octanol–water partition coefficient (Wildman–Crippen LogP) is 0.999. The molecule has 2 atom stereocenters. The maximum atomic E-state index is 11.8. The lowest BCUT2D eigenvalue weighted by atomic mass is 10.1. The van der Waals surface area contributed by atoms with Crippen LogP contribution in [0, 0.1) is 0 Å². The summed E-state index contributed by atoms with van der Waals surface area (Å²) in [5.41, 5.74) is 0.566. The average molecular weight is 226 g/mol. The molecule has 0 fully saturated rings. The number of carbonyl (C=O) groups is 1. The van der Waals surface area contributed by atoms with Crippen LogP contribution in [0.1, 0.15) is 17.3 Å². The first-order chi connectivity index (χ1) is 7.16. The van der Waals surface area contributed by atoms with E-state index in [0.717, 1.165) is 0 Å². The maximum absolute atomic E-state index is 11.8. The SMILES string of the molecule is CC(C(=O)c1ccccc1)S(=O)CCO. The molecule has 0 bridgehead atoms. The van der Waals surface area contributed by atoms with Gasteiger partial charge in [-0.15, -0.1) is 0 Å². The highest BCUT2D eigenvalue weighted by atomic mass is 32.2. The molecular formula is C11H14O3S. The van der Waals surface area contributed by atoms with E-state index in [4.69, 9.17) is 5.11 Å². The summed E-state index contributed by atoms with van der Waals surface area (Å²) in [7, 11) is -1.29. The molecular weight excluding hydrogens is 212 g/mol. The number of benzene rings is 1. The van der Waals surface area contributed by atoms with Gasteiger partial charge in [-0.05, 0) is 6.92 Å². The second kappa shape index (κ2) is 5.78. The van der Waals surface area contributed by atoms with E-state index in [1.165, 1.54) is 0 Å². The minimum atomic E-state index is -1.29. The van der Waals surface area contributed by atoms with Gasteiger partial charge in [-0.2, -0.15) is 0 Å². The van der Waals surface area contributed by atoms with E-state index in [2.05, 4.69) is 0 Å². The first kappa shape index (κ1) is 12.1. The average Bonchev–Trinajstić information content (AvgIpc) is 2.28. The second-order valence-corrected chi connectivity index (χ2v) is 5.06. The van der Waals surface area contributed by atoms with Crippen LogP contribution in [0.5, 0.6) is 0 Å². The summed E-state index contributed by atoms with van der Waals surface area (Å²) in [6.07, 6.45) is 0. The zero-order valence-corrected chi connectivity index (χ0v) is 9.37. The monoisotopic (exact) mass is 226 g/mol. The van der Waals surface area contributed by atoms with Crippen molar-refractivity contribution >= 4 is 16.6 Å². The van der Waals surface area contributed by atoms with Crippen LogP contribution in [-0.2, 0) is 10.8 Å². The molecule has 0 radical (unpaired) electrons. The first-order valence-corrected chi connectivity index (χ1v) is 6.12. The molecule has 0 saturated heterocycles. The molecule has 1 aromatic rings. The van der Waals surface area contributed by atoms with Crippen LogP contribution in [0.25, 0.3) is 0 Å². The van der Waals surface area contributed by atoms with Gasteiger partial charge in [0.1, 0.15) is 0 Å². The molecule has 0 aliphatic heterocycles. The molecule has 0 aliphatic rings. The van der Waals surface area contributed by atoms with Gasteiger partial charge in [0.15, 0.2) is 5.78 Å². The molecule has 0 saturated carbocycles.